The van der Waals surface area contributed by atoms with E-state index in [0.717, 1.165) is 21.9 Å². The number of aromatic hydroxyl groups is 1. The predicted molar refractivity (Wildman–Crippen MR) is 94.3 cm³/mol. The molecule has 0 atom stereocenters. The molecule has 1 aromatic rings. The van der Waals surface area contributed by atoms with Gasteiger partial charge in [0.1, 0.15) is 5.75 Å². The number of halogens is 2. The zero-order valence-corrected chi connectivity index (χ0v) is 13.9. The summed E-state index contributed by atoms with van der Waals surface area (Å²) >= 11 is 6.58. The molecular weight excluding hydrogens is 388 g/mol. The second-order valence-corrected chi connectivity index (χ2v) is 5.28. The summed E-state index contributed by atoms with van der Waals surface area (Å²) in [4.78, 5) is 9.70. The van der Waals surface area contributed by atoms with Crippen LogP contribution in [0.15, 0.2) is 21.1 Å². The number of nitrogens with one attached hydrogen (secondary N) is 2. The molecule has 0 aliphatic rings. The number of phenols is 1. The van der Waals surface area contributed by atoms with Crippen LogP contribution in [0.1, 0.15) is 27.3 Å². The van der Waals surface area contributed by atoms with Crippen LogP contribution in [0.5, 0.6) is 5.75 Å². The molecule has 0 fully saturated rings. The van der Waals surface area contributed by atoms with E-state index in [0.29, 0.717) is 0 Å². The number of phenolic OH excluding ortho intramolecular Hbond substituents is 1. The third kappa shape index (κ3) is 10.2. The Morgan fingerprint density at radius 1 is 1.20 bits per heavy atom. The van der Waals surface area contributed by atoms with Crippen molar-refractivity contribution in [1.29, 1.82) is 0 Å². The smallest absolute Gasteiger partial charge is 0.216 e. The van der Waals surface area contributed by atoms with Crippen LogP contribution >= 0.6 is 31.9 Å². The maximum atomic E-state index is 9.70. The third-order valence-corrected chi connectivity index (χ3v) is 3.30. The molecule has 0 aliphatic carbocycles. The van der Waals surface area contributed by atoms with Crippen molar-refractivity contribution in [3.8, 4) is 5.75 Å². The van der Waals surface area contributed by atoms with Crippen LogP contribution < -0.4 is 10.6 Å². The lowest BCUT2D eigenvalue weighted by atomic mass is 10.1. The van der Waals surface area contributed by atoms with Crippen molar-refractivity contribution < 1.29 is 9.90 Å². The fourth-order valence-corrected chi connectivity index (χ4v) is 2.31. The van der Waals surface area contributed by atoms with E-state index in [2.05, 4.69) is 42.5 Å². The highest BCUT2D eigenvalue weighted by molar-refractivity contribution is 9.11. The molecule has 4 nitrogen and oxygen atoms in total. The van der Waals surface area contributed by atoms with Crippen molar-refractivity contribution in [2.75, 3.05) is 20.6 Å². The monoisotopic (exact) mass is 412 g/mol. The van der Waals surface area contributed by atoms with E-state index >= 15 is 0 Å². The first-order chi connectivity index (χ1) is 8.42. The van der Waals surface area contributed by atoms with Crippen molar-refractivity contribution in [3.63, 3.8) is 0 Å². The number of carbonyl (C=O) groups excluding carboxylic acids is 1. The third-order valence-electron chi connectivity index (χ3n) is 2.09. The summed E-state index contributed by atoms with van der Waals surface area (Å²) < 4.78 is 1.46. The summed E-state index contributed by atoms with van der Waals surface area (Å²) in [5.41, 5.74) is 1.19. The molecule has 0 saturated carbocycles. The fraction of sp³-hybridized carbons (Fsp3) is 0.500. The minimum Gasteiger partial charge on any atom is -0.506 e. The van der Waals surface area contributed by atoms with E-state index in [1.807, 2.05) is 19.2 Å². The Morgan fingerprint density at radius 3 is 1.90 bits per heavy atom. The summed E-state index contributed by atoms with van der Waals surface area (Å²) in [6, 6.07) is 3.86. The van der Waals surface area contributed by atoms with Gasteiger partial charge in [0.2, 0.25) is 5.91 Å². The Bertz CT molecular complexity index is 376. The number of benzene rings is 1. The fourth-order valence-electron chi connectivity index (χ4n) is 1.03. The van der Waals surface area contributed by atoms with Gasteiger partial charge in [0, 0.05) is 14.0 Å². The first-order valence-corrected chi connectivity index (χ1v) is 7.00. The molecule has 0 aromatic heterocycles. The molecule has 1 aromatic carbocycles. The average molecular weight is 414 g/mol. The zero-order chi connectivity index (χ0) is 14.1. The predicted octanol–water partition coefficient (Wildman–Crippen LogP) is 3.70. The van der Waals surface area contributed by atoms with Gasteiger partial charge in [-0.05, 0) is 69.6 Å². The molecule has 3 N–H and O–H groups in total. The zero-order valence-electron chi connectivity index (χ0n) is 10.7. The van der Waals surface area contributed by atoms with Gasteiger partial charge in [-0.3, -0.25) is 4.79 Å². The van der Waals surface area contributed by atoms with Crippen molar-refractivity contribution >= 4 is 37.8 Å². The first-order valence-electron chi connectivity index (χ1n) is 5.42. The summed E-state index contributed by atoms with van der Waals surface area (Å²) in [6.45, 7) is 2.41. The number of likely N-dealkylation sites (N-methyl/N-ethyl adjacent to an activating group) is 1. The lowest BCUT2D eigenvalue weighted by Gasteiger charge is -2.05. The van der Waals surface area contributed by atoms with E-state index in [9.17, 15) is 9.90 Å². The van der Waals surface area contributed by atoms with Gasteiger partial charge >= 0.3 is 0 Å². The van der Waals surface area contributed by atoms with Crippen LogP contribution in [-0.4, -0.2) is 31.7 Å². The Morgan fingerprint density at radius 2 is 1.60 bits per heavy atom. The molecule has 1 rings (SSSR count). The van der Waals surface area contributed by atoms with Gasteiger partial charge in [-0.1, -0.05) is 14.9 Å². The summed E-state index contributed by atoms with van der Waals surface area (Å²) in [5.74, 6) is 0.262. The van der Waals surface area contributed by atoms with E-state index in [-0.39, 0.29) is 26.5 Å². The van der Waals surface area contributed by atoms with Crippen molar-refractivity contribution in [2.45, 2.75) is 28.2 Å². The number of carbonyl (C=O) groups is 1. The van der Waals surface area contributed by atoms with E-state index < -0.39 is 0 Å². The molecule has 6 heteroatoms. The SMILES string of the molecule is C.C.CNC(C)=O.CNCCc1cc(Br)c(O)c(Br)c1. The standard InChI is InChI=1S/C9H11Br2NO.C3H7NO.2CH4/c1-12-3-2-6-4-7(10)9(13)8(11)5-6;1-3(5)4-2;;/h4-5,12-13H,2-3H2,1H3;1-2H3,(H,4,5);2*1H4. The van der Waals surface area contributed by atoms with E-state index in [4.69, 9.17) is 0 Å². The highest BCUT2D eigenvalue weighted by Crippen LogP contribution is 2.33. The maximum Gasteiger partial charge on any atom is 0.216 e. The molecule has 0 unspecified atom stereocenters. The van der Waals surface area contributed by atoms with Gasteiger partial charge < -0.3 is 15.7 Å². The van der Waals surface area contributed by atoms with Gasteiger partial charge in [0.05, 0.1) is 8.95 Å². The van der Waals surface area contributed by atoms with Gasteiger partial charge in [0.25, 0.3) is 0 Å². The van der Waals surface area contributed by atoms with Crippen LogP contribution in [0.3, 0.4) is 0 Å². The van der Waals surface area contributed by atoms with Crippen LogP contribution in [0.25, 0.3) is 0 Å². The summed E-state index contributed by atoms with van der Waals surface area (Å²) in [7, 11) is 3.52. The Hall–Kier alpha value is -0.590. The van der Waals surface area contributed by atoms with Gasteiger partial charge in [-0.25, -0.2) is 0 Å². The number of amides is 1. The number of rotatable bonds is 3. The van der Waals surface area contributed by atoms with Crippen molar-refractivity contribution in [1.82, 2.24) is 10.6 Å². The van der Waals surface area contributed by atoms with Gasteiger partial charge in [-0.2, -0.15) is 0 Å². The summed E-state index contributed by atoms with van der Waals surface area (Å²) in [6.07, 6.45) is 0.952. The topological polar surface area (TPSA) is 61.4 Å². The molecule has 0 spiro atoms. The number of hydrogen-bond donors (Lipinski definition) is 3. The molecular formula is C14H26Br2N2O2. The molecule has 0 saturated heterocycles. The average Bonchev–Trinajstić information content (AvgIpc) is 2.33. The van der Waals surface area contributed by atoms with Crippen molar-refractivity contribution in [3.05, 3.63) is 26.6 Å². The van der Waals surface area contributed by atoms with Gasteiger partial charge in [-0.15, -0.1) is 0 Å². The Kier molecular flexibility index (Phi) is 16.4. The normalized spacial score (nSPS) is 8.45. The first kappa shape index (κ1) is 24.4. The molecule has 20 heavy (non-hydrogen) atoms. The van der Waals surface area contributed by atoms with Crippen LogP contribution in [0.2, 0.25) is 0 Å². The van der Waals surface area contributed by atoms with Crippen LogP contribution in [-0.2, 0) is 11.2 Å². The largest absolute Gasteiger partial charge is 0.506 e. The maximum absolute atomic E-state index is 9.70. The quantitative estimate of drug-likeness (QED) is 0.707. The lowest BCUT2D eigenvalue weighted by Crippen LogP contribution is -2.11. The second-order valence-electron chi connectivity index (χ2n) is 3.57. The lowest BCUT2D eigenvalue weighted by molar-refractivity contribution is -0.118. The summed E-state index contributed by atoms with van der Waals surface area (Å²) in [5, 5.41) is 14.9. The Balaban J connectivity index is -0.000000361. The Labute approximate surface area is 139 Å². The highest BCUT2D eigenvalue weighted by atomic mass is 79.9. The molecule has 0 bridgehead atoms. The molecule has 1 amide bonds. The molecule has 0 aliphatic heterocycles. The molecule has 118 valence electrons. The second kappa shape index (κ2) is 13.4. The minimum absolute atomic E-state index is 0. The van der Waals surface area contributed by atoms with Gasteiger partial charge in [0.15, 0.2) is 0 Å². The van der Waals surface area contributed by atoms with E-state index in [1.54, 1.807) is 7.05 Å². The molecule has 0 heterocycles. The van der Waals surface area contributed by atoms with E-state index in [1.165, 1.54) is 12.5 Å². The minimum atomic E-state index is 0. The van der Waals surface area contributed by atoms with Crippen LogP contribution in [0.4, 0.5) is 0 Å². The van der Waals surface area contributed by atoms with Crippen molar-refractivity contribution in [2.24, 2.45) is 0 Å². The molecule has 0 radical (unpaired) electrons. The highest BCUT2D eigenvalue weighted by Gasteiger charge is 2.04. The number of hydrogen-bond acceptors (Lipinski definition) is 3. The van der Waals surface area contributed by atoms with Crippen LogP contribution in [0, 0.1) is 0 Å².